The summed E-state index contributed by atoms with van der Waals surface area (Å²) in [5, 5.41) is 0. The van der Waals surface area contributed by atoms with E-state index in [1.165, 1.54) is 12.1 Å². The number of nitrogens with zero attached hydrogens (tertiary/aromatic N) is 2. The van der Waals surface area contributed by atoms with Crippen LogP contribution in [0.1, 0.15) is 49.4 Å². The molecule has 1 aromatic heterocycles. The van der Waals surface area contributed by atoms with Gasteiger partial charge in [0.15, 0.2) is 5.58 Å². The molecule has 0 atom stereocenters. The third-order valence-electron chi connectivity index (χ3n) is 6.33. The molecule has 1 fully saturated rings. The van der Waals surface area contributed by atoms with Crippen LogP contribution in [0.3, 0.4) is 0 Å². The van der Waals surface area contributed by atoms with Crippen LogP contribution in [-0.4, -0.2) is 28.3 Å². The van der Waals surface area contributed by atoms with Gasteiger partial charge in [0.05, 0.1) is 11.1 Å². The minimum absolute atomic E-state index is 0.0282. The molecule has 33 heavy (non-hydrogen) atoms. The molecule has 1 saturated heterocycles. The Kier molecular flexibility index (Phi) is 6.47. The first-order valence-electron chi connectivity index (χ1n) is 11.2. The predicted octanol–water partition coefficient (Wildman–Crippen LogP) is 5.22. The van der Waals surface area contributed by atoms with Crippen molar-refractivity contribution < 1.29 is 22.4 Å². The van der Waals surface area contributed by atoms with Gasteiger partial charge in [0.1, 0.15) is 5.78 Å². The fraction of sp³-hybridized carbons (Fsp3) is 0.440. The van der Waals surface area contributed by atoms with Crippen molar-refractivity contribution in [1.29, 1.82) is 0 Å². The molecular formula is C25H27F3N2O3. The number of halogens is 3. The Bertz CT molecular complexity index is 1200. The monoisotopic (exact) mass is 460 g/mol. The van der Waals surface area contributed by atoms with Gasteiger partial charge in [-0.15, -0.1) is 0 Å². The molecule has 0 saturated carbocycles. The van der Waals surface area contributed by atoms with Crippen molar-refractivity contribution in [3.05, 3.63) is 69.7 Å². The molecule has 5 nitrogen and oxygen atoms in total. The minimum Gasteiger partial charge on any atom is -0.408 e. The lowest BCUT2D eigenvalue weighted by atomic mass is 9.89. The second kappa shape index (κ2) is 9.17. The lowest BCUT2D eigenvalue weighted by Crippen LogP contribution is -2.36. The Balaban J connectivity index is 1.37. The maximum atomic E-state index is 13.2. The van der Waals surface area contributed by atoms with E-state index in [1.54, 1.807) is 16.7 Å². The molecule has 1 aliphatic rings. The molecule has 0 aliphatic carbocycles. The van der Waals surface area contributed by atoms with Gasteiger partial charge in [-0.25, -0.2) is 4.79 Å². The number of fused-ring (bicyclic) bond motifs is 1. The zero-order chi connectivity index (χ0) is 23.8. The number of benzene rings is 2. The molecule has 4 rings (SSSR count). The van der Waals surface area contributed by atoms with Crippen LogP contribution in [0.5, 0.6) is 0 Å². The number of likely N-dealkylation sites (tertiary alicyclic amines) is 1. The maximum Gasteiger partial charge on any atom is 0.420 e. The SMILES string of the molecule is CC(C)n1c(=O)oc2cc(CC(=O)C3CCN(Cc4ccccc4C(F)(F)F)CC3)ccc21. The highest BCUT2D eigenvalue weighted by molar-refractivity contribution is 5.84. The number of alkyl halides is 3. The third-order valence-corrected chi connectivity index (χ3v) is 6.33. The molecule has 3 aromatic rings. The van der Waals surface area contributed by atoms with Gasteiger partial charge in [-0.3, -0.25) is 14.3 Å². The van der Waals surface area contributed by atoms with Crippen molar-refractivity contribution >= 4 is 16.9 Å². The normalized spacial score (nSPS) is 16.1. The number of oxazole rings is 1. The molecule has 8 heteroatoms. The third kappa shape index (κ3) is 5.05. The summed E-state index contributed by atoms with van der Waals surface area (Å²) in [7, 11) is 0. The standard InChI is InChI=1S/C25H27F3N2O3/c1-16(2)30-21-8-7-17(14-23(21)33-24(30)32)13-22(31)18-9-11-29(12-10-18)15-19-5-3-4-6-20(19)25(26,27)28/h3-8,14,16,18H,9-13,15H2,1-2H3. The number of rotatable bonds is 6. The Hall–Kier alpha value is -2.87. The average Bonchev–Trinajstić information content (AvgIpc) is 3.09. The molecule has 2 heterocycles. The van der Waals surface area contributed by atoms with Gasteiger partial charge in [0, 0.05) is 24.9 Å². The second-order valence-electron chi connectivity index (χ2n) is 8.98. The van der Waals surface area contributed by atoms with E-state index in [-0.39, 0.29) is 36.3 Å². The number of carbonyl (C=O) groups excluding carboxylic acids is 1. The quantitative estimate of drug-likeness (QED) is 0.506. The largest absolute Gasteiger partial charge is 0.420 e. The van der Waals surface area contributed by atoms with Crippen molar-refractivity contribution in [2.24, 2.45) is 5.92 Å². The van der Waals surface area contributed by atoms with Gasteiger partial charge in [-0.05, 0) is 69.1 Å². The highest BCUT2D eigenvalue weighted by atomic mass is 19.4. The predicted molar refractivity (Wildman–Crippen MR) is 119 cm³/mol. The summed E-state index contributed by atoms with van der Waals surface area (Å²) in [6, 6.07) is 11.0. The molecule has 176 valence electrons. The lowest BCUT2D eigenvalue weighted by Gasteiger charge is -2.32. The van der Waals surface area contributed by atoms with Gasteiger partial charge in [-0.1, -0.05) is 24.3 Å². The number of ketones is 1. The van der Waals surface area contributed by atoms with E-state index in [9.17, 15) is 22.8 Å². The zero-order valence-electron chi connectivity index (χ0n) is 18.7. The van der Waals surface area contributed by atoms with Crippen molar-refractivity contribution in [2.75, 3.05) is 13.1 Å². The molecule has 0 unspecified atom stereocenters. The Morgan fingerprint density at radius 1 is 1.12 bits per heavy atom. The zero-order valence-corrected chi connectivity index (χ0v) is 18.7. The van der Waals surface area contributed by atoms with E-state index in [0.717, 1.165) is 11.6 Å². The van der Waals surface area contributed by atoms with Crippen LogP contribution in [0.25, 0.3) is 11.1 Å². The van der Waals surface area contributed by atoms with E-state index in [0.29, 0.717) is 37.0 Å². The fourth-order valence-electron chi connectivity index (χ4n) is 4.61. The Labute approximate surface area is 189 Å². The van der Waals surface area contributed by atoms with Crippen LogP contribution < -0.4 is 5.76 Å². The molecule has 1 aliphatic heterocycles. The summed E-state index contributed by atoms with van der Waals surface area (Å²) in [4.78, 5) is 26.9. The van der Waals surface area contributed by atoms with E-state index in [2.05, 4.69) is 0 Å². The second-order valence-corrected chi connectivity index (χ2v) is 8.98. The summed E-state index contributed by atoms with van der Waals surface area (Å²) >= 11 is 0. The summed E-state index contributed by atoms with van der Waals surface area (Å²) in [5.41, 5.74) is 1.63. The van der Waals surface area contributed by atoms with Crippen molar-refractivity contribution in [2.45, 2.75) is 51.9 Å². The first-order chi connectivity index (χ1) is 15.6. The molecule has 0 N–H and O–H groups in total. The van der Waals surface area contributed by atoms with Crippen molar-refractivity contribution in [3.8, 4) is 0 Å². The molecular weight excluding hydrogens is 433 g/mol. The summed E-state index contributed by atoms with van der Waals surface area (Å²) in [5.74, 6) is -0.430. The van der Waals surface area contributed by atoms with Gasteiger partial charge >= 0.3 is 11.9 Å². The fourth-order valence-corrected chi connectivity index (χ4v) is 4.61. The molecule has 0 bridgehead atoms. The van der Waals surface area contributed by atoms with E-state index >= 15 is 0 Å². The van der Waals surface area contributed by atoms with Crippen LogP contribution in [-0.2, 0) is 23.9 Å². The van der Waals surface area contributed by atoms with Crippen molar-refractivity contribution in [1.82, 2.24) is 9.47 Å². The number of Topliss-reactive ketones (excluding diaryl/α,β-unsaturated/α-hetero) is 1. The summed E-state index contributed by atoms with van der Waals surface area (Å²) < 4.78 is 46.7. The van der Waals surface area contributed by atoms with E-state index in [1.807, 2.05) is 30.9 Å². The van der Waals surface area contributed by atoms with Crippen molar-refractivity contribution in [3.63, 3.8) is 0 Å². The first kappa shape index (κ1) is 23.3. The molecule has 2 aromatic carbocycles. The van der Waals surface area contributed by atoms with E-state index < -0.39 is 17.5 Å². The number of hydrogen-bond donors (Lipinski definition) is 0. The lowest BCUT2D eigenvalue weighted by molar-refractivity contribution is -0.138. The highest BCUT2D eigenvalue weighted by Crippen LogP contribution is 2.33. The molecule has 0 radical (unpaired) electrons. The molecule has 0 amide bonds. The number of aromatic nitrogens is 1. The summed E-state index contributed by atoms with van der Waals surface area (Å²) in [6.45, 7) is 5.18. The van der Waals surface area contributed by atoms with Crippen LogP contribution >= 0.6 is 0 Å². The van der Waals surface area contributed by atoms with Gasteiger partial charge < -0.3 is 4.42 Å². The maximum absolute atomic E-state index is 13.2. The minimum atomic E-state index is -4.37. The Morgan fingerprint density at radius 3 is 2.48 bits per heavy atom. The average molecular weight is 460 g/mol. The van der Waals surface area contributed by atoms with Crippen LogP contribution in [0.4, 0.5) is 13.2 Å². The number of hydrogen-bond acceptors (Lipinski definition) is 4. The number of carbonyl (C=O) groups is 1. The van der Waals surface area contributed by atoms with Crippen LogP contribution in [0.2, 0.25) is 0 Å². The highest BCUT2D eigenvalue weighted by Gasteiger charge is 2.34. The smallest absolute Gasteiger partial charge is 0.408 e. The van der Waals surface area contributed by atoms with Gasteiger partial charge in [-0.2, -0.15) is 13.2 Å². The van der Waals surface area contributed by atoms with Crippen LogP contribution in [0, 0.1) is 5.92 Å². The summed E-state index contributed by atoms with van der Waals surface area (Å²) in [6.07, 6.45) is -2.89. The number of piperidine rings is 1. The Morgan fingerprint density at radius 2 is 1.82 bits per heavy atom. The van der Waals surface area contributed by atoms with Gasteiger partial charge in [0.25, 0.3) is 0 Å². The van der Waals surface area contributed by atoms with E-state index in [4.69, 9.17) is 4.42 Å². The molecule has 0 spiro atoms. The van der Waals surface area contributed by atoms with Crippen LogP contribution in [0.15, 0.2) is 51.7 Å². The van der Waals surface area contributed by atoms with Gasteiger partial charge in [0.2, 0.25) is 0 Å². The first-order valence-corrected chi connectivity index (χ1v) is 11.2. The topological polar surface area (TPSA) is 55.5 Å².